The topological polar surface area (TPSA) is 81.2 Å². The van der Waals surface area contributed by atoms with Crippen molar-refractivity contribution >= 4 is 37.4 Å². The summed E-state index contributed by atoms with van der Waals surface area (Å²) in [5, 5.41) is 2.63. The predicted molar refractivity (Wildman–Crippen MR) is 116 cm³/mol. The second-order valence-electron chi connectivity index (χ2n) is 6.63. The Balaban J connectivity index is 1.79. The first-order chi connectivity index (χ1) is 13.9. The van der Waals surface area contributed by atoms with Gasteiger partial charge in [0.2, 0.25) is 0 Å². The minimum absolute atomic E-state index is 0.202. The summed E-state index contributed by atoms with van der Waals surface area (Å²) in [4.78, 5) is 9.44. The van der Waals surface area contributed by atoms with Gasteiger partial charge in [0.15, 0.2) is 5.82 Å². The summed E-state index contributed by atoms with van der Waals surface area (Å²) in [6.45, 7) is 3.83. The molecule has 0 saturated heterocycles. The van der Waals surface area contributed by atoms with Gasteiger partial charge in [-0.15, -0.1) is 11.3 Å². The largest absolute Gasteiger partial charge is 0.497 e. The third-order valence-electron chi connectivity index (χ3n) is 4.79. The number of aromatic nitrogens is 2. The van der Waals surface area contributed by atoms with Crippen molar-refractivity contribution in [1.82, 2.24) is 9.97 Å². The van der Waals surface area contributed by atoms with Crippen molar-refractivity contribution in [2.45, 2.75) is 18.7 Å². The second kappa shape index (κ2) is 7.46. The lowest BCUT2D eigenvalue weighted by atomic mass is 10.1. The average molecular weight is 426 g/mol. The molecule has 0 unspecified atom stereocenters. The molecule has 0 aliphatic heterocycles. The number of nitrogens with one attached hydrogen (secondary N) is 1. The first-order valence-corrected chi connectivity index (χ1v) is 11.2. The van der Waals surface area contributed by atoms with Gasteiger partial charge < -0.3 is 4.74 Å². The highest BCUT2D eigenvalue weighted by molar-refractivity contribution is 7.92. The van der Waals surface area contributed by atoms with Gasteiger partial charge in [0, 0.05) is 10.9 Å². The molecule has 0 aliphatic carbocycles. The highest BCUT2D eigenvalue weighted by atomic mass is 32.2. The number of ether oxygens (including phenoxy) is 1. The van der Waals surface area contributed by atoms with Crippen LogP contribution in [0.2, 0.25) is 0 Å². The van der Waals surface area contributed by atoms with Gasteiger partial charge in [-0.1, -0.05) is 18.2 Å². The number of anilines is 1. The maximum atomic E-state index is 13.0. The minimum Gasteiger partial charge on any atom is -0.497 e. The lowest BCUT2D eigenvalue weighted by molar-refractivity contribution is 0.415. The Labute approximate surface area is 173 Å². The zero-order valence-corrected chi connectivity index (χ0v) is 17.8. The summed E-state index contributed by atoms with van der Waals surface area (Å²) in [5.74, 6) is 1.01. The van der Waals surface area contributed by atoms with E-state index in [1.807, 2.05) is 43.5 Å². The number of sulfonamides is 1. The third-order valence-corrected chi connectivity index (χ3v) is 7.01. The maximum Gasteiger partial charge on any atom is 0.263 e. The summed E-state index contributed by atoms with van der Waals surface area (Å²) in [6.07, 6.45) is 1.37. The molecule has 0 spiro atoms. The fourth-order valence-corrected chi connectivity index (χ4v) is 5.02. The Kier molecular flexibility index (Phi) is 4.97. The molecule has 1 N–H and O–H groups in total. The molecule has 4 aromatic rings. The molecule has 0 bridgehead atoms. The number of benzene rings is 2. The Hall–Kier alpha value is -2.97. The van der Waals surface area contributed by atoms with Crippen LogP contribution in [-0.4, -0.2) is 25.5 Å². The SMILES string of the molecule is COc1ccc(-c2csc3ncnc(NS(=O)(=O)c4ccc(C)c(C)c4)c23)cc1. The lowest BCUT2D eigenvalue weighted by Gasteiger charge is -2.11. The van der Waals surface area contributed by atoms with E-state index in [1.54, 1.807) is 25.3 Å². The molecule has 0 amide bonds. The van der Waals surface area contributed by atoms with E-state index >= 15 is 0 Å². The molecular formula is C21H19N3O3S2. The Morgan fingerprint density at radius 1 is 1.00 bits per heavy atom. The fraction of sp³-hybridized carbons (Fsp3) is 0.143. The first-order valence-electron chi connectivity index (χ1n) is 8.86. The van der Waals surface area contributed by atoms with Gasteiger partial charge in [0.1, 0.15) is 16.9 Å². The summed E-state index contributed by atoms with van der Waals surface area (Å²) >= 11 is 1.44. The van der Waals surface area contributed by atoms with Crippen molar-refractivity contribution in [1.29, 1.82) is 0 Å². The smallest absolute Gasteiger partial charge is 0.263 e. The molecular weight excluding hydrogens is 406 g/mol. The molecule has 2 heterocycles. The molecule has 0 saturated carbocycles. The van der Waals surface area contributed by atoms with Crippen molar-refractivity contribution in [2.24, 2.45) is 0 Å². The van der Waals surface area contributed by atoms with E-state index < -0.39 is 10.0 Å². The van der Waals surface area contributed by atoms with Crippen LogP contribution in [0.1, 0.15) is 11.1 Å². The first kappa shape index (κ1) is 19.4. The highest BCUT2D eigenvalue weighted by Gasteiger charge is 2.20. The third kappa shape index (κ3) is 3.68. The van der Waals surface area contributed by atoms with Crippen molar-refractivity contribution < 1.29 is 13.2 Å². The zero-order chi connectivity index (χ0) is 20.6. The highest BCUT2D eigenvalue weighted by Crippen LogP contribution is 2.37. The molecule has 0 aliphatic rings. The van der Waals surface area contributed by atoms with Crippen LogP contribution in [0.5, 0.6) is 5.75 Å². The quantitative estimate of drug-likeness (QED) is 0.497. The van der Waals surface area contributed by atoms with E-state index in [0.717, 1.165) is 28.0 Å². The van der Waals surface area contributed by atoms with E-state index in [0.29, 0.717) is 10.2 Å². The molecule has 0 atom stereocenters. The van der Waals surface area contributed by atoms with Crippen LogP contribution in [0.15, 0.2) is 59.1 Å². The Morgan fingerprint density at radius 3 is 2.45 bits per heavy atom. The maximum absolute atomic E-state index is 13.0. The molecule has 148 valence electrons. The van der Waals surface area contributed by atoms with Crippen LogP contribution < -0.4 is 9.46 Å². The van der Waals surface area contributed by atoms with E-state index in [1.165, 1.54) is 17.7 Å². The van der Waals surface area contributed by atoms with Gasteiger partial charge in [-0.25, -0.2) is 18.4 Å². The van der Waals surface area contributed by atoms with Crippen molar-refractivity contribution in [3.05, 3.63) is 65.3 Å². The number of hydrogen-bond donors (Lipinski definition) is 1. The van der Waals surface area contributed by atoms with Crippen LogP contribution in [0.25, 0.3) is 21.3 Å². The predicted octanol–water partition coefficient (Wildman–Crippen LogP) is 4.78. The van der Waals surface area contributed by atoms with Crippen LogP contribution in [0.4, 0.5) is 5.82 Å². The van der Waals surface area contributed by atoms with E-state index in [9.17, 15) is 8.42 Å². The van der Waals surface area contributed by atoms with Crippen molar-refractivity contribution in [3.63, 3.8) is 0 Å². The monoisotopic (exact) mass is 425 g/mol. The summed E-state index contributed by atoms with van der Waals surface area (Å²) in [7, 11) is -2.17. The number of thiophene rings is 1. The standard InChI is InChI=1S/C21H19N3O3S2/c1-13-4-9-17(10-14(13)2)29(25,26)24-20-19-18(11-28-21(19)23-12-22-20)15-5-7-16(27-3)8-6-15/h4-12H,1-3H3,(H,22,23,24). The molecule has 4 rings (SSSR count). The van der Waals surface area contributed by atoms with E-state index in [2.05, 4.69) is 14.7 Å². The van der Waals surface area contributed by atoms with Crippen molar-refractivity contribution in [3.8, 4) is 16.9 Å². The Morgan fingerprint density at radius 2 is 1.76 bits per heavy atom. The number of aryl methyl sites for hydroxylation is 2. The normalized spacial score (nSPS) is 11.6. The zero-order valence-electron chi connectivity index (χ0n) is 16.1. The van der Waals surface area contributed by atoms with Crippen LogP contribution >= 0.6 is 11.3 Å². The number of hydrogen-bond acceptors (Lipinski definition) is 6. The molecule has 29 heavy (non-hydrogen) atoms. The minimum atomic E-state index is -3.79. The van der Waals surface area contributed by atoms with Crippen LogP contribution in [0.3, 0.4) is 0 Å². The molecule has 2 aromatic carbocycles. The molecule has 8 heteroatoms. The fourth-order valence-electron chi connectivity index (χ4n) is 3.00. The van der Waals surface area contributed by atoms with E-state index in [4.69, 9.17) is 4.74 Å². The summed E-state index contributed by atoms with van der Waals surface area (Å²) in [5.41, 5.74) is 3.74. The van der Waals surface area contributed by atoms with Gasteiger partial charge in [-0.05, 0) is 54.8 Å². The summed E-state index contributed by atoms with van der Waals surface area (Å²) in [6, 6.07) is 12.6. The van der Waals surface area contributed by atoms with Crippen molar-refractivity contribution in [2.75, 3.05) is 11.8 Å². The van der Waals surface area contributed by atoms with Gasteiger partial charge in [-0.2, -0.15) is 0 Å². The van der Waals surface area contributed by atoms with Crippen LogP contribution in [0, 0.1) is 13.8 Å². The number of nitrogens with zero attached hydrogens (tertiary/aromatic N) is 2. The number of rotatable bonds is 5. The molecule has 0 fully saturated rings. The molecule has 2 aromatic heterocycles. The number of fused-ring (bicyclic) bond motifs is 1. The van der Waals surface area contributed by atoms with Gasteiger partial charge in [0.05, 0.1) is 17.4 Å². The lowest BCUT2D eigenvalue weighted by Crippen LogP contribution is -2.14. The van der Waals surface area contributed by atoms with Gasteiger partial charge in [-0.3, -0.25) is 4.72 Å². The van der Waals surface area contributed by atoms with Gasteiger partial charge in [0.25, 0.3) is 10.0 Å². The second-order valence-corrected chi connectivity index (χ2v) is 9.17. The average Bonchev–Trinajstić information content (AvgIpc) is 3.15. The van der Waals surface area contributed by atoms with E-state index in [-0.39, 0.29) is 10.7 Å². The van der Waals surface area contributed by atoms with Crippen LogP contribution in [-0.2, 0) is 10.0 Å². The Bertz CT molecular complexity index is 1300. The number of methoxy groups -OCH3 is 1. The summed E-state index contributed by atoms with van der Waals surface area (Å²) < 4.78 is 33.8. The molecule has 6 nitrogen and oxygen atoms in total. The van der Waals surface area contributed by atoms with Gasteiger partial charge >= 0.3 is 0 Å². The molecule has 0 radical (unpaired) electrons.